The second-order valence-electron chi connectivity index (χ2n) is 8.28. The Kier molecular flexibility index (Phi) is 5.00. The summed E-state index contributed by atoms with van der Waals surface area (Å²) in [6.07, 6.45) is 2.51. The fourth-order valence-corrected chi connectivity index (χ4v) is 5.76. The number of rotatable bonds is 5. The number of nitrogens with one attached hydrogen (secondary N) is 2. The van der Waals surface area contributed by atoms with Gasteiger partial charge >= 0.3 is 6.03 Å². The molecule has 5 amide bonds. The van der Waals surface area contributed by atoms with Gasteiger partial charge in [-0.3, -0.25) is 19.3 Å². The second-order valence-corrected chi connectivity index (χ2v) is 9.38. The number of urea groups is 1. The van der Waals surface area contributed by atoms with Crippen molar-refractivity contribution in [1.82, 2.24) is 10.2 Å². The van der Waals surface area contributed by atoms with Crippen LogP contribution in [-0.4, -0.2) is 48.4 Å². The molecule has 1 unspecified atom stereocenters. The van der Waals surface area contributed by atoms with Crippen molar-refractivity contribution in [1.29, 1.82) is 0 Å². The molecule has 3 heterocycles. The van der Waals surface area contributed by atoms with Crippen LogP contribution in [0.25, 0.3) is 0 Å². The third-order valence-corrected chi connectivity index (χ3v) is 7.32. The van der Waals surface area contributed by atoms with E-state index >= 15 is 0 Å². The van der Waals surface area contributed by atoms with E-state index in [2.05, 4.69) is 10.6 Å². The third-order valence-electron chi connectivity index (χ3n) is 6.12. The van der Waals surface area contributed by atoms with Gasteiger partial charge < -0.3 is 25.8 Å². The van der Waals surface area contributed by atoms with Gasteiger partial charge in [0.15, 0.2) is 11.5 Å². The Morgan fingerprint density at radius 3 is 2.73 bits per heavy atom. The minimum absolute atomic E-state index is 0.319. The molecular weight excluding hydrogens is 448 g/mol. The number of aryl methyl sites for hydroxylation is 1. The zero-order valence-electron chi connectivity index (χ0n) is 17.9. The normalized spacial score (nSPS) is 21.1. The molecule has 5 rings (SSSR count). The minimum atomic E-state index is -1.37. The van der Waals surface area contributed by atoms with Crippen molar-refractivity contribution in [2.24, 2.45) is 5.73 Å². The van der Waals surface area contributed by atoms with Crippen LogP contribution < -0.4 is 25.8 Å². The smallest absolute Gasteiger partial charge is 0.325 e. The number of imide groups is 1. The largest absolute Gasteiger partial charge is 0.486 e. The van der Waals surface area contributed by atoms with Gasteiger partial charge in [0.25, 0.3) is 11.8 Å². The van der Waals surface area contributed by atoms with Gasteiger partial charge in [-0.2, -0.15) is 0 Å². The number of benzene rings is 1. The van der Waals surface area contributed by atoms with Crippen LogP contribution in [0.2, 0.25) is 0 Å². The number of carbonyl (C=O) groups excluding carboxylic acids is 4. The van der Waals surface area contributed by atoms with Gasteiger partial charge in [-0.1, -0.05) is 6.07 Å². The number of primary amides is 1. The number of hydrogen-bond donors (Lipinski definition) is 3. The lowest BCUT2D eigenvalue weighted by molar-refractivity contribution is -0.133. The molecule has 1 aromatic carbocycles. The van der Waals surface area contributed by atoms with Crippen LogP contribution >= 0.6 is 11.3 Å². The van der Waals surface area contributed by atoms with Gasteiger partial charge in [-0.05, 0) is 49.4 Å². The molecule has 11 heteroatoms. The Morgan fingerprint density at radius 1 is 1.21 bits per heavy atom. The first-order valence-corrected chi connectivity index (χ1v) is 11.4. The van der Waals surface area contributed by atoms with E-state index in [0.29, 0.717) is 40.8 Å². The van der Waals surface area contributed by atoms with Gasteiger partial charge in [0.2, 0.25) is 5.91 Å². The molecule has 0 spiro atoms. The number of anilines is 1. The van der Waals surface area contributed by atoms with Crippen molar-refractivity contribution < 1.29 is 28.7 Å². The number of ether oxygens (including phenoxy) is 2. The summed E-state index contributed by atoms with van der Waals surface area (Å²) >= 11 is 1.31. The summed E-state index contributed by atoms with van der Waals surface area (Å²) in [6.45, 7) is 1.91. The lowest BCUT2D eigenvalue weighted by Crippen LogP contribution is -2.42. The maximum absolute atomic E-state index is 13.2. The van der Waals surface area contributed by atoms with E-state index in [0.717, 1.165) is 34.6 Å². The van der Waals surface area contributed by atoms with E-state index in [1.54, 1.807) is 25.1 Å². The maximum Gasteiger partial charge on any atom is 0.325 e. The molecule has 172 valence electrons. The number of amides is 5. The van der Waals surface area contributed by atoms with Crippen LogP contribution in [-0.2, 0) is 28.0 Å². The molecular formula is C22H22N4O6S. The van der Waals surface area contributed by atoms with Crippen molar-refractivity contribution in [3.63, 3.8) is 0 Å². The molecule has 0 saturated carbocycles. The molecule has 2 aromatic rings. The molecule has 1 fully saturated rings. The Bertz CT molecular complexity index is 1210. The summed E-state index contributed by atoms with van der Waals surface area (Å²) in [7, 11) is 0. The van der Waals surface area contributed by atoms with Crippen molar-refractivity contribution in [3.05, 3.63) is 39.8 Å². The zero-order valence-corrected chi connectivity index (χ0v) is 18.7. The Balaban J connectivity index is 1.34. The van der Waals surface area contributed by atoms with Gasteiger partial charge in [0, 0.05) is 4.88 Å². The minimum Gasteiger partial charge on any atom is -0.486 e. The maximum atomic E-state index is 13.2. The molecule has 0 bridgehead atoms. The number of nitrogens with zero attached hydrogens (tertiary/aromatic N) is 1. The van der Waals surface area contributed by atoms with E-state index < -0.39 is 35.8 Å². The summed E-state index contributed by atoms with van der Waals surface area (Å²) in [5.74, 6) is -0.709. The number of hydrogen-bond acceptors (Lipinski definition) is 7. The van der Waals surface area contributed by atoms with Crippen LogP contribution in [0.3, 0.4) is 0 Å². The van der Waals surface area contributed by atoms with Crippen molar-refractivity contribution in [3.8, 4) is 11.5 Å². The topological polar surface area (TPSA) is 140 Å². The van der Waals surface area contributed by atoms with E-state index in [9.17, 15) is 19.2 Å². The molecule has 4 N–H and O–H groups in total. The Morgan fingerprint density at radius 2 is 1.97 bits per heavy atom. The fraction of sp³-hybridized carbons (Fsp3) is 0.364. The summed E-state index contributed by atoms with van der Waals surface area (Å²) < 4.78 is 11.1. The number of thiophene rings is 1. The van der Waals surface area contributed by atoms with Crippen LogP contribution in [0, 0.1) is 0 Å². The van der Waals surface area contributed by atoms with E-state index in [4.69, 9.17) is 15.2 Å². The zero-order chi connectivity index (χ0) is 23.3. The number of nitrogens with two attached hydrogens (primary N) is 1. The second kappa shape index (κ2) is 7.77. The molecule has 10 nitrogen and oxygen atoms in total. The summed E-state index contributed by atoms with van der Waals surface area (Å²) in [6, 6.07) is 4.34. The van der Waals surface area contributed by atoms with Gasteiger partial charge in [-0.15, -0.1) is 11.3 Å². The summed E-state index contributed by atoms with van der Waals surface area (Å²) in [5.41, 5.74) is 5.88. The fourth-order valence-electron chi connectivity index (χ4n) is 4.45. The van der Waals surface area contributed by atoms with Gasteiger partial charge in [-0.25, -0.2) is 4.79 Å². The summed E-state index contributed by atoms with van der Waals surface area (Å²) in [4.78, 5) is 52.4. The highest BCUT2D eigenvalue weighted by Gasteiger charge is 2.50. The quantitative estimate of drug-likeness (QED) is 0.566. The van der Waals surface area contributed by atoms with Crippen LogP contribution in [0.4, 0.5) is 9.80 Å². The standard InChI is InChI=1S/C22H22N4O6S/c1-22(11-5-6-13-14(9-11)32-8-7-31-13)20(29)26(21(30)25-22)10-16(27)24-19-17(18(23)28)12-3-2-4-15(12)33-19/h5-6,9H,2-4,7-8,10H2,1H3,(H2,23,28)(H,24,27)(H,25,30). The predicted octanol–water partition coefficient (Wildman–Crippen LogP) is 1.51. The SMILES string of the molecule is CC1(c2ccc3c(c2)OCCO3)NC(=O)N(CC(=O)Nc2sc3c(c2C(N)=O)CCC3)C1=O. The Hall–Kier alpha value is -3.60. The van der Waals surface area contributed by atoms with Crippen molar-refractivity contribution in [2.45, 2.75) is 31.7 Å². The molecule has 1 aliphatic carbocycles. The highest BCUT2D eigenvalue weighted by molar-refractivity contribution is 7.17. The van der Waals surface area contributed by atoms with Crippen LogP contribution in [0.1, 0.15) is 39.7 Å². The highest BCUT2D eigenvalue weighted by atomic mass is 32.1. The molecule has 1 aromatic heterocycles. The monoisotopic (exact) mass is 470 g/mol. The highest BCUT2D eigenvalue weighted by Crippen LogP contribution is 2.39. The average Bonchev–Trinajstić information content (AvgIpc) is 3.42. The van der Waals surface area contributed by atoms with Crippen molar-refractivity contribution >= 4 is 40.1 Å². The molecule has 3 aliphatic rings. The first-order valence-electron chi connectivity index (χ1n) is 10.6. The lowest BCUT2D eigenvalue weighted by atomic mass is 9.91. The summed E-state index contributed by atoms with van der Waals surface area (Å²) in [5, 5.41) is 5.70. The molecule has 0 radical (unpaired) electrons. The number of carbonyl (C=O) groups is 4. The first-order chi connectivity index (χ1) is 15.8. The predicted molar refractivity (Wildman–Crippen MR) is 119 cm³/mol. The number of fused-ring (bicyclic) bond motifs is 2. The molecule has 1 atom stereocenters. The first kappa shape index (κ1) is 21.3. The van der Waals surface area contributed by atoms with Crippen LogP contribution in [0.5, 0.6) is 11.5 Å². The third kappa shape index (κ3) is 3.48. The molecule has 33 heavy (non-hydrogen) atoms. The Labute approximate surface area is 193 Å². The van der Waals surface area contributed by atoms with Crippen LogP contribution in [0.15, 0.2) is 18.2 Å². The molecule has 1 saturated heterocycles. The van der Waals surface area contributed by atoms with E-state index in [-0.39, 0.29) is 0 Å². The average molecular weight is 471 g/mol. The van der Waals surface area contributed by atoms with E-state index in [1.807, 2.05) is 0 Å². The molecule has 2 aliphatic heterocycles. The lowest BCUT2D eigenvalue weighted by Gasteiger charge is -2.25. The van der Waals surface area contributed by atoms with E-state index in [1.165, 1.54) is 11.3 Å². The van der Waals surface area contributed by atoms with Gasteiger partial charge in [0.1, 0.15) is 30.3 Å². The van der Waals surface area contributed by atoms with Crippen molar-refractivity contribution in [2.75, 3.05) is 25.1 Å². The van der Waals surface area contributed by atoms with Gasteiger partial charge in [0.05, 0.1) is 5.56 Å².